The van der Waals surface area contributed by atoms with E-state index in [0.29, 0.717) is 0 Å². The fourth-order valence-corrected chi connectivity index (χ4v) is 1.83. The Bertz CT molecular complexity index is 743. The van der Waals surface area contributed by atoms with E-state index in [1.165, 1.54) is 30.3 Å². The van der Waals surface area contributed by atoms with E-state index in [2.05, 4.69) is 0 Å². The molecular formula is C14H8ClFN2O3. The van der Waals surface area contributed by atoms with Crippen molar-refractivity contribution in [3.8, 4) is 11.8 Å². The fraction of sp³-hybridized carbons (Fsp3) is 0.0714. The van der Waals surface area contributed by atoms with Gasteiger partial charge in [-0.1, -0.05) is 11.6 Å². The molecule has 0 amide bonds. The lowest BCUT2D eigenvalue weighted by Gasteiger charge is -2.08. The van der Waals surface area contributed by atoms with Crippen molar-refractivity contribution in [1.82, 2.24) is 0 Å². The molecule has 7 heteroatoms. The summed E-state index contributed by atoms with van der Waals surface area (Å²) in [5.74, 6) is -0.618. The van der Waals surface area contributed by atoms with Crippen molar-refractivity contribution in [2.45, 2.75) is 6.61 Å². The van der Waals surface area contributed by atoms with E-state index >= 15 is 0 Å². The van der Waals surface area contributed by atoms with Crippen molar-refractivity contribution in [2.24, 2.45) is 0 Å². The van der Waals surface area contributed by atoms with Crippen molar-refractivity contribution in [3.63, 3.8) is 0 Å². The number of rotatable bonds is 4. The van der Waals surface area contributed by atoms with Gasteiger partial charge in [0.1, 0.15) is 12.4 Å². The van der Waals surface area contributed by atoms with Crippen LogP contribution in [-0.2, 0) is 6.61 Å². The first kappa shape index (κ1) is 14.8. The fourth-order valence-electron chi connectivity index (χ4n) is 1.66. The van der Waals surface area contributed by atoms with Gasteiger partial charge in [0, 0.05) is 22.7 Å². The molecule has 106 valence electrons. The number of nitriles is 1. The molecule has 0 heterocycles. The first-order valence-corrected chi connectivity index (χ1v) is 6.14. The number of hydrogen-bond acceptors (Lipinski definition) is 4. The van der Waals surface area contributed by atoms with E-state index in [9.17, 15) is 14.5 Å². The molecule has 0 aliphatic carbocycles. The molecule has 0 atom stereocenters. The maximum Gasteiger partial charge on any atom is 0.311 e. The summed E-state index contributed by atoms with van der Waals surface area (Å²) < 4.78 is 18.9. The Kier molecular flexibility index (Phi) is 4.36. The SMILES string of the molecule is N#Cc1ccc(F)c(COc2cc(Cl)ccc2[N+](=O)[O-])c1. The maximum absolute atomic E-state index is 13.6. The third-order valence-electron chi connectivity index (χ3n) is 2.68. The third-order valence-corrected chi connectivity index (χ3v) is 2.91. The number of nitrogens with zero attached hydrogens (tertiary/aromatic N) is 2. The number of nitro benzene ring substituents is 1. The van der Waals surface area contributed by atoms with Crippen LogP contribution in [-0.4, -0.2) is 4.92 Å². The first-order valence-electron chi connectivity index (χ1n) is 5.76. The van der Waals surface area contributed by atoms with Crippen LogP contribution in [0.2, 0.25) is 5.02 Å². The number of hydrogen-bond donors (Lipinski definition) is 0. The van der Waals surface area contributed by atoms with E-state index in [-0.39, 0.29) is 34.2 Å². The molecule has 0 aliphatic heterocycles. The molecule has 0 unspecified atom stereocenters. The summed E-state index contributed by atoms with van der Waals surface area (Å²) in [6.07, 6.45) is 0. The molecule has 5 nitrogen and oxygen atoms in total. The largest absolute Gasteiger partial charge is 0.482 e. The van der Waals surface area contributed by atoms with Crippen LogP contribution in [0, 0.1) is 27.3 Å². The van der Waals surface area contributed by atoms with Gasteiger partial charge < -0.3 is 4.74 Å². The zero-order valence-corrected chi connectivity index (χ0v) is 11.3. The van der Waals surface area contributed by atoms with Crippen molar-refractivity contribution >= 4 is 17.3 Å². The minimum atomic E-state index is -0.617. The molecule has 0 radical (unpaired) electrons. The predicted molar refractivity (Wildman–Crippen MR) is 73.6 cm³/mol. The van der Waals surface area contributed by atoms with Crippen LogP contribution in [0.4, 0.5) is 10.1 Å². The molecular weight excluding hydrogens is 299 g/mol. The molecule has 2 rings (SSSR count). The van der Waals surface area contributed by atoms with Crippen molar-refractivity contribution < 1.29 is 14.1 Å². The van der Waals surface area contributed by atoms with Gasteiger partial charge in [0.2, 0.25) is 0 Å². The molecule has 0 N–H and O–H groups in total. The summed E-state index contributed by atoms with van der Waals surface area (Å²) in [4.78, 5) is 10.3. The quantitative estimate of drug-likeness (QED) is 0.635. The molecule has 0 bridgehead atoms. The van der Waals surface area contributed by atoms with Gasteiger partial charge in [-0.25, -0.2) is 4.39 Å². The van der Waals surface area contributed by atoms with E-state index in [4.69, 9.17) is 21.6 Å². The molecule has 2 aromatic carbocycles. The van der Waals surface area contributed by atoms with Gasteiger partial charge >= 0.3 is 5.69 Å². The van der Waals surface area contributed by atoms with Crippen LogP contribution >= 0.6 is 11.6 Å². The number of halogens is 2. The zero-order valence-electron chi connectivity index (χ0n) is 10.5. The highest BCUT2D eigenvalue weighted by molar-refractivity contribution is 6.30. The van der Waals surface area contributed by atoms with Crippen LogP contribution in [0.3, 0.4) is 0 Å². The molecule has 0 saturated heterocycles. The second-order valence-corrected chi connectivity index (χ2v) is 4.51. The highest BCUT2D eigenvalue weighted by Crippen LogP contribution is 2.30. The summed E-state index contributed by atoms with van der Waals surface area (Å²) >= 11 is 5.76. The van der Waals surface area contributed by atoms with E-state index in [0.717, 1.165) is 6.07 Å². The summed E-state index contributed by atoms with van der Waals surface area (Å²) in [7, 11) is 0. The Morgan fingerprint density at radius 1 is 1.33 bits per heavy atom. The van der Waals surface area contributed by atoms with Gasteiger partial charge in [0.15, 0.2) is 5.75 Å². The van der Waals surface area contributed by atoms with Crippen LogP contribution in [0.1, 0.15) is 11.1 Å². The molecule has 21 heavy (non-hydrogen) atoms. The Morgan fingerprint density at radius 2 is 2.10 bits per heavy atom. The summed E-state index contributed by atoms with van der Waals surface area (Å²) in [5.41, 5.74) is 0.134. The molecule has 0 aliphatic rings. The average molecular weight is 307 g/mol. The number of nitro groups is 1. The Labute approximate surface area is 124 Å². The van der Waals surface area contributed by atoms with Gasteiger partial charge in [-0.2, -0.15) is 5.26 Å². The number of benzene rings is 2. The Morgan fingerprint density at radius 3 is 2.76 bits per heavy atom. The van der Waals surface area contributed by atoms with Crippen molar-refractivity contribution in [3.05, 3.63) is 68.5 Å². The Hall–Kier alpha value is -2.65. The monoisotopic (exact) mass is 306 g/mol. The topological polar surface area (TPSA) is 76.2 Å². The summed E-state index contributed by atoms with van der Waals surface area (Å²) in [5, 5.41) is 19.9. The molecule has 0 aromatic heterocycles. The Balaban J connectivity index is 2.26. The van der Waals surface area contributed by atoms with Gasteiger partial charge in [-0.3, -0.25) is 10.1 Å². The van der Waals surface area contributed by atoms with E-state index in [1.54, 1.807) is 0 Å². The second-order valence-electron chi connectivity index (χ2n) is 4.08. The molecule has 2 aromatic rings. The average Bonchev–Trinajstić information content (AvgIpc) is 2.46. The number of ether oxygens (including phenoxy) is 1. The van der Waals surface area contributed by atoms with Crippen molar-refractivity contribution in [1.29, 1.82) is 5.26 Å². The van der Waals surface area contributed by atoms with Crippen molar-refractivity contribution in [2.75, 3.05) is 0 Å². The lowest BCUT2D eigenvalue weighted by atomic mass is 10.1. The minimum absolute atomic E-state index is 0.0609. The minimum Gasteiger partial charge on any atom is -0.482 e. The van der Waals surface area contributed by atoms with Gasteiger partial charge in [0.05, 0.1) is 16.6 Å². The smallest absolute Gasteiger partial charge is 0.311 e. The van der Waals surface area contributed by atoms with Gasteiger partial charge in [0.25, 0.3) is 0 Å². The standard InChI is InChI=1S/C14H8ClFN2O3/c15-11-2-4-13(18(19)20)14(6-11)21-8-10-5-9(7-17)1-3-12(10)16/h1-6H,8H2. The third kappa shape index (κ3) is 3.46. The lowest BCUT2D eigenvalue weighted by molar-refractivity contribution is -0.385. The van der Waals surface area contributed by atoms with Crippen LogP contribution in [0.25, 0.3) is 0 Å². The molecule has 0 spiro atoms. The highest BCUT2D eigenvalue weighted by Gasteiger charge is 2.16. The highest BCUT2D eigenvalue weighted by atomic mass is 35.5. The normalized spacial score (nSPS) is 9.95. The second kappa shape index (κ2) is 6.20. The zero-order chi connectivity index (χ0) is 15.4. The maximum atomic E-state index is 13.6. The van der Waals surface area contributed by atoms with Crippen LogP contribution in [0.5, 0.6) is 5.75 Å². The van der Waals surface area contributed by atoms with Crippen LogP contribution in [0.15, 0.2) is 36.4 Å². The lowest BCUT2D eigenvalue weighted by Crippen LogP contribution is -2.01. The summed E-state index contributed by atoms with van der Waals surface area (Å²) in [6.45, 7) is -0.247. The van der Waals surface area contributed by atoms with Gasteiger partial charge in [-0.15, -0.1) is 0 Å². The first-order chi connectivity index (χ1) is 10.0. The van der Waals surface area contributed by atoms with Crippen LogP contribution < -0.4 is 4.74 Å². The van der Waals surface area contributed by atoms with E-state index in [1.807, 2.05) is 6.07 Å². The summed E-state index contributed by atoms with van der Waals surface area (Å²) in [6, 6.07) is 9.54. The predicted octanol–water partition coefficient (Wildman–Crippen LogP) is 3.84. The van der Waals surface area contributed by atoms with E-state index < -0.39 is 10.7 Å². The molecule has 0 fully saturated rings. The van der Waals surface area contributed by atoms with Gasteiger partial charge in [-0.05, 0) is 24.3 Å². The molecule has 0 saturated carbocycles.